The molecule has 1 heterocycles. The lowest BCUT2D eigenvalue weighted by Gasteiger charge is -2.26. The van der Waals surface area contributed by atoms with Crippen LogP contribution in [0.25, 0.3) is 0 Å². The van der Waals surface area contributed by atoms with E-state index in [2.05, 4.69) is 15.9 Å². The maximum atomic E-state index is 12.1. The minimum atomic E-state index is -0.554. The molecular weight excluding hydrogens is 340 g/mol. The Morgan fingerprint density at radius 3 is 2.71 bits per heavy atom. The highest BCUT2D eigenvalue weighted by Gasteiger charge is 2.20. The van der Waals surface area contributed by atoms with Crippen molar-refractivity contribution in [2.45, 2.75) is 6.92 Å². The molecule has 1 aromatic rings. The van der Waals surface area contributed by atoms with E-state index in [-0.39, 0.29) is 12.5 Å². The van der Waals surface area contributed by atoms with E-state index in [0.717, 1.165) is 0 Å². The van der Waals surface area contributed by atoms with E-state index in [9.17, 15) is 9.59 Å². The highest BCUT2D eigenvalue weighted by molar-refractivity contribution is 9.10. The lowest BCUT2D eigenvalue weighted by Crippen LogP contribution is -2.42. The summed E-state index contributed by atoms with van der Waals surface area (Å²) in [5.74, 6) is -0.769. The highest BCUT2D eigenvalue weighted by Crippen LogP contribution is 2.23. The molecule has 114 valence electrons. The van der Waals surface area contributed by atoms with Gasteiger partial charge in [0, 0.05) is 23.2 Å². The van der Waals surface area contributed by atoms with E-state index < -0.39 is 5.97 Å². The number of halogens is 1. The Kier molecular flexibility index (Phi) is 5.19. The molecule has 0 bridgehead atoms. The number of nitrogens with zero attached hydrogens (tertiary/aromatic N) is 1. The predicted octanol–water partition coefficient (Wildman–Crippen LogP) is 1.36. The zero-order valence-corrected chi connectivity index (χ0v) is 13.3. The van der Waals surface area contributed by atoms with Crippen molar-refractivity contribution in [3.8, 4) is 0 Å². The number of hydrogen-bond acceptors (Lipinski definition) is 5. The molecule has 0 aromatic heterocycles. The number of benzene rings is 1. The van der Waals surface area contributed by atoms with Crippen molar-refractivity contribution in [2.24, 2.45) is 0 Å². The lowest BCUT2D eigenvalue weighted by molar-refractivity contribution is -0.138. The first-order valence-electron chi connectivity index (χ1n) is 6.57. The molecule has 0 saturated carbocycles. The van der Waals surface area contributed by atoms with E-state index in [1.165, 1.54) is 0 Å². The van der Waals surface area contributed by atoms with Gasteiger partial charge < -0.3 is 20.1 Å². The van der Waals surface area contributed by atoms with Gasteiger partial charge in [-0.25, -0.2) is 4.79 Å². The first-order chi connectivity index (χ1) is 9.99. The number of rotatable bonds is 3. The van der Waals surface area contributed by atoms with E-state index in [4.69, 9.17) is 15.2 Å². The van der Waals surface area contributed by atoms with Crippen LogP contribution in [-0.4, -0.2) is 49.7 Å². The Bertz CT molecular complexity index is 556. The largest absolute Gasteiger partial charge is 0.452 e. The van der Waals surface area contributed by atoms with E-state index in [1.807, 2.05) is 0 Å². The standard InChI is InChI=1S/C14H17BrN2O4/c1-9-11(6-10(15)7-12(9)16)14(19)21-8-13(18)17-2-4-20-5-3-17/h6-7H,2-5,8,16H2,1H3. The van der Waals surface area contributed by atoms with Gasteiger partial charge in [0.25, 0.3) is 5.91 Å². The van der Waals surface area contributed by atoms with Gasteiger partial charge in [-0.3, -0.25) is 4.79 Å². The fourth-order valence-electron chi connectivity index (χ4n) is 2.02. The summed E-state index contributed by atoms with van der Waals surface area (Å²) in [5.41, 5.74) is 7.30. The molecule has 21 heavy (non-hydrogen) atoms. The van der Waals surface area contributed by atoms with Gasteiger partial charge in [-0.1, -0.05) is 15.9 Å². The molecular formula is C14H17BrN2O4. The van der Waals surface area contributed by atoms with Crippen molar-refractivity contribution < 1.29 is 19.1 Å². The first kappa shape index (κ1) is 15.8. The van der Waals surface area contributed by atoms with Crippen LogP contribution in [0, 0.1) is 6.92 Å². The number of amides is 1. The van der Waals surface area contributed by atoms with Crippen molar-refractivity contribution in [1.82, 2.24) is 4.90 Å². The minimum absolute atomic E-state index is 0.215. The molecule has 1 amide bonds. The summed E-state index contributed by atoms with van der Waals surface area (Å²) in [6.45, 7) is 3.55. The molecule has 1 saturated heterocycles. The Hall–Kier alpha value is -1.60. The number of hydrogen-bond donors (Lipinski definition) is 1. The topological polar surface area (TPSA) is 81.9 Å². The molecule has 1 fully saturated rings. The van der Waals surface area contributed by atoms with Crippen molar-refractivity contribution in [2.75, 3.05) is 38.6 Å². The number of morpholine rings is 1. The van der Waals surface area contributed by atoms with Gasteiger partial charge in [0.1, 0.15) is 0 Å². The Balaban J connectivity index is 1.97. The minimum Gasteiger partial charge on any atom is -0.452 e. The monoisotopic (exact) mass is 356 g/mol. The summed E-state index contributed by atoms with van der Waals surface area (Å²) < 4.78 is 10.9. The maximum Gasteiger partial charge on any atom is 0.339 e. The second-order valence-electron chi connectivity index (χ2n) is 4.74. The molecule has 1 aliphatic rings. The van der Waals surface area contributed by atoms with Crippen LogP contribution in [0.3, 0.4) is 0 Å². The van der Waals surface area contributed by atoms with Crippen LogP contribution < -0.4 is 5.73 Å². The van der Waals surface area contributed by atoms with Crippen LogP contribution in [0.5, 0.6) is 0 Å². The first-order valence-corrected chi connectivity index (χ1v) is 7.36. The van der Waals surface area contributed by atoms with Crippen LogP contribution in [-0.2, 0) is 14.3 Å². The summed E-state index contributed by atoms with van der Waals surface area (Å²) in [6, 6.07) is 3.35. The van der Waals surface area contributed by atoms with Gasteiger partial charge in [0.15, 0.2) is 6.61 Å². The van der Waals surface area contributed by atoms with Gasteiger partial charge in [-0.15, -0.1) is 0 Å². The molecule has 0 aliphatic carbocycles. The number of anilines is 1. The van der Waals surface area contributed by atoms with Crippen LogP contribution in [0.15, 0.2) is 16.6 Å². The van der Waals surface area contributed by atoms with Crippen molar-refractivity contribution in [3.05, 3.63) is 27.7 Å². The fraction of sp³-hybridized carbons (Fsp3) is 0.429. The summed E-state index contributed by atoms with van der Waals surface area (Å²) in [5, 5.41) is 0. The zero-order chi connectivity index (χ0) is 15.4. The summed E-state index contributed by atoms with van der Waals surface area (Å²) in [6.07, 6.45) is 0. The molecule has 1 aromatic carbocycles. The third-order valence-electron chi connectivity index (χ3n) is 3.32. The summed E-state index contributed by atoms with van der Waals surface area (Å²) >= 11 is 3.28. The summed E-state index contributed by atoms with van der Waals surface area (Å²) in [4.78, 5) is 25.6. The maximum absolute atomic E-state index is 12.1. The van der Waals surface area contributed by atoms with Crippen LogP contribution in [0.2, 0.25) is 0 Å². The van der Waals surface area contributed by atoms with Gasteiger partial charge >= 0.3 is 5.97 Å². The molecule has 1 aliphatic heterocycles. The third-order valence-corrected chi connectivity index (χ3v) is 3.78. The Morgan fingerprint density at radius 1 is 1.38 bits per heavy atom. The fourth-order valence-corrected chi connectivity index (χ4v) is 2.50. The molecule has 6 nitrogen and oxygen atoms in total. The molecule has 0 radical (unpaired) electrons. The third kappa shape index (κ3) is 3.95. The molecule has 2 N–H and O–H groups in total. The normalized spacial score (nSPS) is 14.9. The quantitative estimate of drug-likeness (QED) is 0.653. The number of ether oxygens (including phenoxy) is 2. The number of nitrogens with two attached hydrogens (primary N) is 1. The van der Waals surface area contributed by atoms with E-state index in [1.54, 1.807) is 24.0 Å². The van der Waals surface area contributed by atoms with Crippen molar-refractivity contribution in [3.63, 3.8) is 0 Å². The zero-order valence-electron chi connectivity index (χ0n) is 11.7. The summed E-state index contributed by atoms with van der Waals surface area (Å²) in [7, 11) is 0. The van der Waals surface area contributed by atoms with Crippen LogP contribution >= 0.6 is 15.9 Å². The number of carbonyl (C=O) groups is 2. The predicted molar refractivity (Wildman–Crippen MR) is 81.0 cm³/mol. The number of nitrogen functional groups attached to an aromatic ring is 1. The number of carbonyl (C=O) groups excluding carboxylic acids is 2. The van der Waals surface area contributed by atoms with Crippen molar-refractivity contribution >= 4 is 33.5 Å². The van der Waals surface area contributed by atoms with E-state index in [0.29, 0.717) is 47.6 Å². The highest BCUT2D eigenvalue weighted by atomic mass is 79.9. The molecule has 0 spiro atoms. The van der Waals surface area contributed by atoms with E-state index >= 15 is 0 Å². The second kappa shape index (κ2) is 6.91. The van der Waals surface area contributed by atoms with Crippen LogP contribution in [0.4, 0.5) is 5.69 Å². The Morgan fingerprint density at radius 2 is 2.05 bits per heavy atom. The average molecular weight is 357 g/mol. The molecule has 7 heteroatoms. The second-order valence-corrected chi connectivity index (χ2v) is 5.65. The lowest BCUT2D eigenvalue weighted by atomic mass is 10.1. The molecule has 2 rings (SSSR count). The van der Waals surface area contributed by atoms with Crippen LogP contribution in [0.1, 0.15) is 15.9 Å². The molecule has 0 unspecified atom stereocenters. The number of esters is 1. The van der Waals surface area contributed by atoms with Gasteiger partial charge in [-0.05, 0) is 24.6 Å². The van der Waals surface area contributed by atoms with Crippen molar-refractivity contribution in [1.29, 1.82) is 0 Å². The van der Waals surface area contributed by atoms with Gasteiger partial charge in [-0.2, -0.15) is 0 Å². The van der Waals surface area contributed by atoms with Gasteiger partial charge in [0.2, 0.25) is 0 Å². The average Bonchev–Trinajstić information content (AvgIpc) is 2.49. The Labute approximate surface area is 131 Å². The SMILES string of the molecule is Cc1c(N)cc(Br)cc1C(=O)OCC(=O)N1CCOCC1. The molecule has 0 atom stereocenters. The van der Waals surface area contributed by atoms with Gasteiger partial charge in [0.05, 0.1) is 18.8 Å². The smallest absolute Gasteiger partial charge is 0.339 e.